The summed E-state index contributed by atoms with van der Waals surface area (Å²) < 4.78 is 18.9. The van der Waals surface area contributed by atoms with E-state index in [0.29, 0.717) is 22.6 Å². The highest BCUT2D eigenvalue weighted by Gasteiger charge is 2.46. The number of methoxy groups -OCH3 is 1. The Kier molecular flexibility index (Phi) is 6.43. The van der Waals surface area contributed by atoms with Crippen LogP contribution in [0.15, 0.2) is 72.4 Å². The van der Waals surface area contributed by atoms with Crippen LogP contribution in [-0.4, -0.2) is 33.8 Å². The first-order chi connectivity index (χ1) is 16.6. The SMILES string of the molecule is COc1ccc(/C(O)=C2/C(=O)C(=O)N(Cc3ccc(F)cc3)C2c2ccccn2)cc1C(C)(C)C. The first-order valence-electron chi connectivity index (χ1n) is 11.2. The van der Waals surface area contributed by atoms with E-state index in [4.69, 9.17) is 4.74 Å². The molecule has 1 saturated heterocycles. The predicted octanol–water partition coefficient (Wildman–Crippen LogP) is 5.15. The Labute approximate surface area is 203 Å². The Morgan fingerprint density at radius 3 is 2.40 bits per heavy atom. The second-order valence-corrected chi connectivity index (χ2v) is 9.47. The molecule has 1 N–H and O–H groups in total. The van der Waals surface area contributed by atoms with Crippen molar-refractivity contribution in [3.05, 3.63) is 101 Å². The second-order valence-electron chi connectivity index (χ2n) is 9.47. The second kappa shape index (κ2) is 9.33. The molecule has 2 heterocycles. The topological polar surface area (TPSA) is 79.7 Å². The average Bonchev–Trinajstić information content (AvgIpc) is 3.09. The standard InChI is InChI=1S/C28H27FN2O4/c1-28(2,3)20-15-18(10-13-22(20)35-4)25(32)23-24(21-7-5-6-14-30-21)31(27(34)26(23)33)16-17-8-11-19(29)12-9-17/h5-15,24,32H,16H2,1-4H3/b25-23-. The van der Waals surface area contributed by atoms with E-state index in [0.717, 1.165) is 5.56 Å². The minimum atomic E-state index is -0.901. The van der Waals surface area contributed by atoms with Gasteiger partial charge in [-0.2, -0.15) is 0 Å². The number of benzene rings is 2. The average molecular weight is 475 g/mol. The molecule has 1 fully saturated rings. The molecule has 35 heavy (non-hydrogen) atoms. The monoisotopic (exact) mass is 474 g/mol. The molecule has 4 rings (SSSR count). The van der Waals surface area contributed by atoms with E-state index in [-0.39, 0.29) is 23.3 Å². The Bertz CT molecular complexity index is 1290. The fourth-order valence-corrected chi connectivity index (χ4v) is 4.27. The van der Waals surface area contributed by atoms with E-state index in [1.165, 1.54) is 17.0 Å². The maximum absolute atomic E-state index is 13.4. The van der Waals surface area contributed by atoms with Gasteiger partial charge >= 0.3 is 0 Å². The van der Waals surface area contributed by atoms with Gasteiger partial charge in [0.25, 0.3) is 11.7 Å². The highest BCUT2D eigenvalue weighted by Crippen LogP contribution is 2.41. The number of rotatable bonds is 5. The number of carbonyl (C=O) groups excluding carboxylic acids is 2. The van der Waals surface area contributed by atoms with E-state index in [1.807, 2.05) is 20.8 Å². The number of hydrogen-bond acceptors (Lipinski definition) is 5. The third-order valence-electron chi connectivity index (χ3n) is 6.05. The Morgan fingerprint density at radius 1 is 1.09 bits per heavy atom. The third kappa shape index (κ3) is 4.67. The van der Waals surface area contributed by atoms with Gasteiger partial charge in [-0.3, -0.25) is 14.6 Å². The number of aromatic nitrogens is 1. The molecule has 6 nitrogen and oxygen atoms in total. The number of halogens is 1. The molecule has 7 heteroatoms. The minimum absolute atomic E-state index is 0.0409. The van der Waals surface area contributed by atoms with Gasteiger partial charge in [-0.25, -0.2) is 4.39 Å². The number of Topliss-reactive ketones (excluding diaryl/α,β-unsaturated/α-hetero) is 1. The maximum atomic E-state index is 13.4. The van der Waals surface area contributed by atoms with Crippen molar-refractivity contribution >= 4 is 17.4 Å². The fraction of sp³-hybridized carbons (Fsp3) is 0.250. The lowest BCUT2D eigenvalue weighted by atomic mass is 9.84. The molecule has 1 atom stereocenters. The summed E-state index contributed by atoms with van der Waals surface area (Å²) in [5.41, 5.74) is 2.00. The van der Waals surface area contributed by atoms with E-state index in [2.05, 4.69) is 4.98 Å². The van der Waals surface area contributed by atoms with Gasteiger partial charge in [0.2, 0.25) is 0 Å². The number of ether oxygens (including phenoxy) is 1. The number of amides is 1. The number of aliphatic hydroxyl groups is 1. The van der Waals surface area contributed by atoms with Crippen molar-refractivity contribution < 1.29 is 23.8 Å². The smallest absolute Gasteiger partial charge is 0.296 e. The summed E-state index contributed by atoms with van der Waals surface area (Å²) in [6, 6.07) is 15.2. The quantitative estimate of drug-likeness (QED) is 0.314. The lowest BCUT2D eigenvalue weighted by molar-refractivity contribution is -0.140. The zero-order chi connectivity index (χ0) is 25.3. The summed E-state index contributed by atoms with van der Waals surface area (Å²) in [5, 5.41) is 11.4. The lowest BCUT2D eigenvalue weighted by Crippen LogP contribution is -2.29. The molecule has 1 unspecified atom stereocenters. The molecular formula is C28H27FN2O4. The highest BCUT2D eigenvalue weighted by molar-refractivity contribution is 6.46. The molecular weight excluding hydrogens is 447 g/mol. The highest BCUT2D eigenvalue weighted by atomic mass is 19.1. The van der Waals surface area contributed by atoms with Crippen LogP contribution >= 0.6 is 0 Å². The lowest BCUT2D eigenvalue weighted by Gasteiger charge is -2.25. The van der Waals surface area contributed by atoms with Crippen LogP contribution in [0.2, 0.25) is 0 Å². The summed E-state index contributed by atoms with van der Waals surface area (Å²) in [4.78, 5) is 32.1. The molecule has 0 saturated carbocycles. The summed E-state index contributed by atoms with van der Waals surface area (Å²) >= 11 is 0. The number of pyridine rings is 1. The number of hydrogen-bond donors (Lipinski definition) is 1. The van der Waals surface area contributed by atoms with Crippen LogP contribution in [0, 0.1) is 5.82 Å². The van der Waals surface area contributed by atoms with Crippen LogP contribution in [-0.2, 0) is 21.5 Å². The molecule has 180 valence electrons. The van der Waals surface area contributed by atoms with E-state index in [9.17, 15) is 19.1 Å². The summed E-state index contributed by atoms with van der Waals surface area (Å²) in [6.45, 7) is 6.11. The minimum Gasteiger partial charge on any atom is -0.507 e. The van der Waals surface area contributed by atoms with Gasteiger partial charge in [0, 0.05) is 23.9 Å². The van der Waals surface area contributed by atoms with Gasteiger partial charge in [-0.05, 0) is 53.4 Å². The van der Waals surface area contributed by atoms with Crippen LogP contribution < -0.4 is 4.74 Å². The summed E-state index contributed by atoms with van der Waals surface area (Å²) in [5.74, 6) is -1.57. The molecule has 1 aliphatic rings. The van der Waals surface area contributed by atoms with Crippen molar-refractivity contribution in [1.29, 1.82) is 0 Å². The van der Waals surface area contributed by atoms with Gasteiger partial charge in [0.15, 0.2) is 0 Å². The Morgan fingerprint density at radius 2 is 1.80 bits per heavy atom. The van der Waals surface area contributed by atoms with Gasteiger partial charge < -0.3 is 14.7 Å². The molecule has 3 aromatic rings. The van der Waals surface area contributed by atoms with Crippen molar-refractivity contribution in [3.8, 4) is 5.75 Å². The zero-order valence-electron chi connectivity index (χ0n) is 20.1. The number of carbonyl (C=O) groups is 2. The summed E-state index contributed by atoms with van der Waals surface area (Å²) in [6.07, 6.45) is 1.57. The van der Waals surface area contributed by atoms with Crippen LogP contribution in [0.3, 0.4) is 0 Å². The molecule has 1 aromatic heterocycles. The number of nitrogens with zero attached hydrogens (tertiary/aromatic N) is 2. The maximum Gasteiger partial charge on any atom is 0.296 e. The first-order valence-corrected chi connectivity index (χ1v) is 11.2. The molecule has 1 aliphatic heterocycles. The Hall–Kier alpha value is -4.00. The van der Waals surface area contributed by atoms with Crippen LogP contribution in [0.25, 0.3) is 5.76 Å². The van der Waals surface area contributed by atoms with Crippen molar-refractivity contribution in [3.63, 3.8) is 0 Å². The van der Waals surface area contributed by atoms with E-state index in [1.54, 1.807) is 61.8 Å². The first kappa shape index (κ1) is 24.1. The molecule has 0 spiro atoms. The normalized spacial score (nSPS) is 17.6. The predicted molar refractivity (Wildman–Crippen MR) is 130 cm³/mol. The molecule has 0 bridgehead atoms. The number of aliphatic hydroxyl groups excluding tert-OH is 1. The van der Waals surface area contributed by atoms with Crippen molar-refractivity contribution in [1.82, 2.24) is 9.88 Å². The molecule has 0 aliphatic carbocycles. The van der Waals surface area contributed by atoms with Crippen molar-refractivity contribution in [2.24, 2.45) is 0 Å². The van der Waals surface area contributed by atoms with Crippen molar-refractivity contribution in [2.45, 2.75) is 38.8 Å². The van der Waals surface area contributed by atoms with Crippen molar-refractivity contribution in [2.75, 3.05) is 7.11 Å². The van der Waals surface area contributed by atoms with Gasteiger partial charge in [0.05, 0.1) is 18.4 Å². The largest absolute Gasteiger partial charge is 0.507 e. The van der Waals surface area contributed by atoms with Gasteiger partial charge in [0.1, 0.15) is 23.4 Å². The summed E-state index contributed by atoms with van der Waals surface area (Å²) in [7, 11) is 1.58. The number of likely N-dealkylation sites (tertiary alicyclic amines) is 1. The van der Waals surface area contributed by atoms with Gasteiger partial charge in [-0.15, -0.1) is 0 Å². The molecule has 0 radical (unpaired) electrons. The number of ketones is 1. The van der Waals surface area contributed by atoms with Crippen LogP contribution in [0.5, 0.6) is 5.75 Å². The van der Waals surface area contributed by atoms with Crippen LogP contribution in [0.1, 0.15) is 49.2 Å². The Balaban J connectivity index is 1.87. The molecule has 2 aromatic carbocycles. The fourth-order valence-electron chi connectivity index (χ4n) is 4.27. The molecule has 1 amide bonds. The van der Waals surface area contributed by atoms with Gasteiger partial charge in [-0.1, -0.05) is 39.0 Å². The van der Waals surface area contributed by atoms with E-state index < -0.39 is 23.5 Å². The van der Waals surface area contributed by atoms with E-state index >= 15 is 0 Å². The third-order valence-corrected chi connectivity index (χ3v) is 6.05. The van der Waals surface area contributed by atoms with Crippen LogP contribution in [0.4, 0.5) is 4.39 Å². The zero-order valence-corrected chi connectivity index (χ0v) is 20.1.